The molecule has 0 atom stereocenters. The van der Waals surface area contributed by atoms with Gasteiger partial charge in [0, 0.05) is 36.6 Å². The third kappa shape index (κ3) is 3.65. The summed E-state index contributed by atoms with van der Waals surface area (Å²) < 4.78 is 6.78. The van der Waals surface area contributed by atoms with Crippen LogP contribution in [0.1, 0.15) is 18.4 Å². The molecule has 4 aromatic rings. The number of carbonyl (C=O) groups excluding carboxylic acids is 1. The molecule has 2 aromatic heterocycles. The Labute approximate surface area is 155 Å². The van der Waals surface area contributed by atoms with E-state index >= 15 is 0 Å². The molecule has 0 fully saturated rings. The van der Waals surface area contributed by atoms with Gasteiger partial charge in [0.15, 0.2) is 5.58 Å². The number of aromatic nitrogens is 2. The molecule has 0 aliphatic carbocycles. The van der Waals surface area contributed by atoms with E-state index in [0.717, 1.165) is 17.5 Å². The minimum absolute atomic E-state index is 0.00399. The molecular weight excluding hydrogens is 342 g/mol. The maximum Gasteiger partial charge on any atom is 0.419 e. The van der Waals surface area contributed by atoms with Gasteiger partial charge in [0.25, 0.3) is 0 Å². The molecule has 0 aliphatic heterocycles. The number of amides is 1. The number of aromatic amines is 1. The molecule has 2 N–H and O–H groups in total. The highest BCUT2D eigenvalue weighted by Gasteiger charge is 2.09. The number of benzene rings is 2. The van der Waals surface area contributed by atoms with Gasteiger partial charge in [-0.1, -0.05) is 30.3 Å². The van der Waals surface area contributed by atoms with E-state index in [-0.39, 0.29) is 11.7 Å². The van der Waals surface area contributed by atoms with Crippen LogP contribution >= 0.6 is 0 Å². The zero-order chi connectivity index (χ0) is 18.6. The van der Waals surface area contributed by atoms with Crippen LogP contribution in [-0.2, 0) is 17.8 Å². The number of fused-ring (bicyclic) bond motifs is 2. The third-order valence-corrected chi connectivity index (χ3v) is 4.75. The summed E-state index contributed by atoms with van der Waals surface area (Å²) in [5.74, 6) is -0.383. The molecule has 6 heteroatoms. The molecular formula is C21H21N3O3. The van der Waals surface area contributed by atoms with Crippen LogP contribution in [0.15, 0.2) is 63.9 Å². The van der Waals surface area contributed by atoms with Gasteiger partial charge in [-0.3, -0.25) is 9.36 Å². The van der Waals surface area contributed by atoms with Crippen molar-refractivity contribution in [3.05, 3.63) is 70.8 Å². The molecule has 27 heavy (non-hydrogen) atoms. The largest absolute Gasteiger partial charge is 0.419 e. The van der Waals surface area contributed by atoms with Gasteiger partial charge in [-0.15, -0.1) is 0 Å². The SMILES string of the molecule is O=C(CCCn1c(=O)oc2ccccc21)NCCc1c[nH]c2ccccc12. The van der Waals surface area contributed by atoms with Crippen molar-refractivity contribution in [2.45, 2.75) is 25.8 Å². The Morgan fingerprint density at radius 1 is 1.11 bits per heavy atom. The number of carbonyl (C=O) groups is 1. The van der Waals surface area contributed by atoms with Gasteiger partial charge >= 0.3 is 5.76 Å². The van der Waals surface area contributed by atoms with Crippen LogP contribution in [0.3, 0.4) is 0 Å². The Bertz CT molecular complexity index is 1140. The van der Waals surface area contributed by atoms with Crippen molar-refractivity contribution in [1.29, 1.82) is 0 Å². The maximum atomic E-state index is 12.1. The van der Waals surface area contributed by atoms with Gasteiger partial charge in [0.05, 0.1) is 5.52 Å². The Morgan fingerprint density at radius 2 is 1.93 bits per heavy atom. The van der Waals surface area contributed by atoms with Crippen LogP contribution in [-0.4, -0.2) is 22.0 Å². The summed E-state index contributed by atoms with van der Waals surface area (Å²) in [6, 6.07) is 15.4. The van der Waals surface area contributed by atoms with Crippen LogP contribution in [0.25, 0.3) is 22.0 Å². The fourth-order valence-electron chi connectivity index (χ4n) is 3.39. The average molecular weight is 363 g/mol. The standard InChI is InChI=1S/C21H21N3O3/c25-20(22-12-11-15-14-23-17-7-2-1-6-16(15)17)10-5-13-24-18-8-3-4-9-19(18)27-21(24)26/h1-4,6-9,14,23H,5,10-13H2,(H,22,25). The minimum Gasteiger partial charge on any atom is -0.408 e. The van der Waals surface area contributed by atoms with Crippen molar-refractivity contribution in [1.82, 2.24) is 14.9 Å². The topological polar surface area (TPSA) is 80.0 Å². The Morgan fingerprint density at radius 3 is 2.85 bits per heavy atom. The van der Waals surface area contributed by atoms with Crippen LogP contribution in [0, 0.1) is 0 Å². The normalized spacial score (nSPS) is 11.3. The smallest absolute Gasteiger partial charge is 0.408 e. The molecule has 0 spiro atoms. The van der Waals surface area contributed by atoms with Crippen molar-refractivity contribution in [3.8, 4) is 0 Å². The molecule has 0 saturated heterocycles. The maximum absolute atomic E-state index is 12.1. The highest BCUT2D eigenvalue weighted by atomic mass is 16.4. The first-order valence-electron chi connectivity index (χ1n) is 9.12. The van der Waals surface area contributed by atoms with Gasteiger partial charge < -0.3 is 14.7 Å². The summed E-state index contributed by atoms with van der Waals surface area (Å²) in [5.41, 5.74) is 3.65. The second-order valence-electron chi connectivity index (χ2n) is 6.55. The lowest BCUT2D eigenvalue weighted by atomic mass is 10.1. The molecule has 2 aromatic carbocycles. The summed E-state index contributed by atoms with van der Waals surface area (Å²) in [7, 11) is 0. The zero-order valence-corrected chi connectivity index (χ0v) is 14.9. The molecule has 2 heterocycles. The number of nitrogens with one attached hydrogen (secondary N) is 2. The highest BCUT2D eigenvalue weighted by molar-refractivity contribution is 5.83. The fourth-order valence-corrected chi connectivity index (χ4v) is 3.39. The molecule has 4 rings (SSSR count). The van der Waals surface area contributed by atoms with E-state index in [2.05, 4.69) is 16.4 Å². The van der Waals surface area contributed by atoms with E-state index in [1.54, 1.807) is 10.6 Å². The molecule has 0 aliphatic rings. The number of oxazole rings is 1. The molecule has 138 valence electrons. The Balaban J connectivity index is 1.26. The Kier molecular flexibility index (Phi) is 4.78. The predicted molar refractivity (Wildman–Crippen MR) is 105 cm³/mol. The highest BCUT2D eigenvalue weighted by Crippen LogP contribution is 2.17. The van der Waals surface area contributed by atoms with E-state index in [4.69, 9.17) is 4.42 Å². The Hall–Kier alpha value is -3.28. The quantitative estimate of drug-likeness (QED) is 0.529. The monoisotopic (exact) mass is 363 g/mol. The zero-order valence-electron chi connectivity index (χ0n) is 14.9. The van der Waals surface area contributed by atoms with E-state index < -0.39 is 0 Å². The summed E-state index contributed by atoms with van der Waals surface area (Å²) >= 11 is 0. The number of para-hydroxylation sites is 3. The van der Waals surface area contributed by atoms with Crippen molar-refractivity contribution in [3.63, 3.8) is 0 Å². The number of H-pyrrole nitrogens is 1. The van der Waals surface area contributed by atoms with E-state index in [1.807, 2.05) is 42.6 Å². The average Bonchev–Trinajstić information content (AvgIpc) is 3.23. The second kappa shape index (κ2) is 7.53. The van der Waals surface area contributed by atoms with Gasteiger partial charge in [-0.25, -0.2) is 4.79 Å². The molecule has 0 saturated carbocycles. The van der Waals surface area contributed by atoms with E-state index in [0.29, 0.717) is 31.5 Å². The molecule has 0 bridgehead atoms. The number of aryl methyl sites for hydroxylation is 1. The summed E-state index contributed by atoms with van der Waals surface area (Å²) in [5, 5.41) is 4.15. The summed E-state index contributed by atoms with van der Waals surface area (Å²) in [4.78, 5) is 27.2. The van der Waals surface area contributed by atoms with E-state index in [1.165, 1.54) is 10.9 Å². The lowest BCUT2D eigenvalue weighted by molar-refractivity contribution is -0.121. The van der Waals surface area contributed by atoms with Crippen LogP contribution in [0.4, 0.5) is 0 Å². The molecule has 0 radical (unpaired) electrons. The first kappa shape index (κ1) is 17.1. The third-order valence-electron chi connectivity index (χ3n) is 4.75. The predicted octanol–water partition coefficient (Wildman–Crippen LogP) is 3.21. The van der Waals surface area contributed by atoms with Gasteiger partial charge in [-0.2, -0.15) is 0 Å². The molecule has 0 unspecified atom stereocenters. The van der Waals surface area contributed by atoms with Gasteiger partial charge in [-0.05, 0) is 36.6 Å². The molecule has 1 amide bonds. The number of rotatable bonds is 7. The fraction of sp³-hybridized carbons (Fsp3) is 0.238. The van der Waals surface area contributed by atoms with Crippen molar-refractivity contribution < 1.29 is 9.21 Å². The second-order valence-corrected chi connectivity index (χ2v) is 6.55. The number of nitrogens with zero attached hydrogens (tertiary/aromatic N) is 1. The lowest BCUT2D eigenvalue weighted by Crippen LogP contribution is -2.26. The van der Waals surface area contributed by atoms with Gasteiger partial charge in [0.1, 0.15) is 0 Å². The first-order valence-corrected chi connectivity index (χ1v) is 9.12. The van der Waals surface area contributed by atoms with E-state index in [9.17, 15) is 9.59 Å². The van der Waals surface area contributed by atoms with Crippen LogP contribution < -0.4 is 11.1 Å². The van der Waals surface area contributed by atoms with Gasteiger partial charge in [0.2, 0.25) is 5.91 Å². The summed E-state index contributed by atoms with van der Waals surface area (Å²) in [6.07, 6.45) is 3.73. The van der Waals surface area contributed by atoms with Crippen LogP contribution in [0.5, 0.6) is 0 Å². The summed E-state index contributed by atoms with van der Waals surface area (Å²) in [6.45, 7) is 1.06. The van der Waals surface area contributed by atoms with Crippen molar-refractivity contribution in [2.75, 3.05) is 6.54 Å². The first-order chi connectivity index (χ1) is 13.2. The minimum atomic E-state index is -0.379. The van der Waals surface area contributed by atoms with Crippen molar-refractivity contribution in [2.24, 2.45) is 0 Å². The number of hydrogen-bond donors (Lipinski definition) is 2. The van der Waals surface area contributed by atoms with Crippen LogP contribution in [0.2, 0.25) is 0 Å². The lowest BCUT2D eigenvalue weighted by Gasteiger charge is -2.05. The van der Waals surface area contributed by atoms with Crippen molar-refractivity contribution >= 4 is 27.9 Å². The number of hydrogen-bond acceptors (Lipinski definition) is 3. The molecule has 6 nitrogen and oxygen atoms in total.